The van der Waals surface area contributed by atoms with E-state index >= 15 is 0 Å². The molecule has 0 aromatic carbocycles. The molecule has 2 heterocycles. The van der Waals surface area contributed by atoms with Crippen molar-refractivity contribution >= 4 is 11.2 Å². The molecule has 0 unspecified atom stereocenters. The third kappa shape index (κ3) is 0.888. The number of fused-ring (bicyclic) bond motifs is 1. The quantitative estimate of drug-likeness (QED) is 0.610. The van der Waals surface area contributed by atoms with Crippen molar-refractivity contribution in [2.24, 2.45) is 0 Å². The Morgan fingerprint density at radius 1 is 1.45 bits per heavy atom. The van der Waals surface area contributed by atoms with Crippen molar-refractivity contribution < 1.29 is 0 Å². The molecule has 0 aliphatic carbocycles. The lowest BCUT2D eigenvalue weighted by Gasteiger charge is -1.95. The number of nitrogens with zero attached hydrogens (tertiary/aromatic N) is 2. The fourth-order valence-electron chi connectivity index (χ4n) is 1.20. The Morgan fingerprint density at radius 2 is 2.27 bits per heavy atom. The lowest BCUT2D eigenvalue weighted by atomic mass is 10.2. The van der Waals surface area contributed by atoms with Gasteiger partial charge in [0.2, 0.25) is 0 Å². The van der Waals surface area contributed by atoms with Crippen LogP contribution in [0.3, 0.4) is 0 Å². The Bertz CT molecular complexity index is 389. The highest BCUT2D eigenvalue weighted by molar-refractivity contribution is 5.73. The molecule has 11 heavy (non-hydrogen) atoms. The second-order valence-electron chi connectivity index (χ2n) is 2.63. The third-order valence-corrected chi connectivity index (χ3v) is 1.65. The van der Waals surface area contributed by atoms with E-state index in [0.717, 1.165) is 22.4 Å². The summed E-state index contributed by atoms with van der Waals surface area (Å²) in [5.41, 5.74) is 3.88. The van der Waals surface area contributed by atoms with Crippen LogP contribution in [-0.4, -0.2) is 15.0 Å². The van der Waals surface area contributed by atoms with Crippen LogP contribution in [0.15, 0.2) is 6.07 Å². The van der Waals surface area contributed by atoms with Gasteiger partial charge in [-0.15, -0.1) is 0 Å². The van der Waals surface area contributed by atoms with Crippen molar-refractivity contribution in [3.63, 3.8) is 0 Å². The number of pyridine rings is 1. The number of hydrogen-bond acceptors (Lipinski definition) is 2. The molecule has 2 rings (SSSR count). The summed E-state index contributed by atoms with van der Waals surface area (Å²) in [5.74, 6) is 0. The van der Waals surface area contributed by atoms with Crippen molar-refractivity contribution in [2.75, 3.05) is 0 Å². The summed E-state index contributed by atoms with van der Waals surface area (Å²) in [4.78, 5) is 11.1. The molecule has 0 aliphatic heterocycles. The summed E-state index contributed by atoms with van der Waals surface area (Å²) in [6, 6.07) is 2.01. The lowest BCUT2D eigenvalue weighted by Crippen LogP contribution is -1.85. The average Bonchev–Trinajstić information content (AvgIpc) is 2.34. The van der Waals surface area contributed by atoms with Gasteiger partial charge in [0.25, 0.3) is 0 Å². The van der Waals surface area contributed by atoms with Crippen LogP contribution in [-0.2, 0) is 0 Å². The summed E-state index contributed by atoms with van der Waals surface area (Å²) in [6.07, 6.45) is 2.67. The number of rotatable bonds is 0. The molecule has 0 saturated heterocycles. The number of imidazole rings is 1. The highest BCUT2D eigenvalue weighted by atomic mass is 15.0. The van der Waals surface area contributed by atoms with E-state index in [0.29, 0.717) is 0 Å². The molecule has 0 amide bonds. The number of aromatic amines is 1. The summed E-state index contributed by atoms with van der Waals surface area (Å²) < 4.78 is 0. The van der Waals surface area contributed by atoms with Gasteiger partial charge in [0.05, 0.1) is 0 Å². The Morgan fingerprint density at radius 3 is 3.09 bits per heavy atom. The fourth-order valence-corrected chi connectivity index (χ4v) is 1.20. The normalized spacial score (nSPS) is 10.7. The first-order chi connectivity index (χ1) is 5.27. The van der Waals surface area contributed by atoms with Gasteiger partial charge in [-0.1, -0.05) is 0 Å². The number of hydrogen-bond donors (Lipinski definition) is 1. The predicted molar refractivity (Wildman–Crippen MR) is 42.2 cm³/mol. The van der Waals surface area contributed by atoms with Crippen LogP contribution in [0.2, 0.25) is 0 Å². The van der Waals surface area contributed by atoms with Gasteiger partial charge < -0.3 is 4.98 Å². The highest BCUT2D eigenvalue weighted by Gasteiger charge is 2.00. The zero-order valence-corrected chi connectivity index (χ0v) is 6.47. The van der Waals surface area contributed by atoms with Crippen LogP contribution in [0.5, 0.6) is 0 Å². The lowest BCUT2D eigenvalue weighted by molar-refractivity contribution is 1.20. The van der Waals surface area contributed by atoms with E-state index < -0.39 is 0 Å². The maximum Gasteiger partial charge on any atom is 0.175 e. The van der Waals surface area contributed by atoms with Gasteiger partial charge in [-0.05, 0) is 25.5 Å². The molecule has 0 fully saturated rings. The molecule has 2 aromatic rings. The van der Waals surface area contributed by atoms with Crippen LogP contribution >= 0.6 is 0 Å². The minimum Gasteiger partial charge on any atom is -0.320 e. The van der Waals surface area contributed by atoms with Crippen molar-refractivity contribution in [3.05, 3.63) is 23.7 Å². The van der Waals surface area contributed by atoms with Crippen molar-refractivity contribution in [3.8, 4) is 0 Å². The number of nitrogens with one attached hydrogen (secondary N) is 1. The van der Waals surface area contributed by atoms with Gasteiger partial charge in [-0.2, -0.15) is 0 Å². The topological polar surface area (TPSA) is 41.6 Å². The van der Waals surface area contributed by atoms with E-state index in [4.69, 9.17) is 0 Å². The van der Waals surface area contributed by atoms with Gasteiger partial charge in [-0.25, -0.2) is 9.97 Å². The number of aromatic nitrogens is 3. The smallest absolute Gasteiger partial charge is 0.175 e. The number of aryl methyl sites for hydroxylation is 2. The van der Waals surface area contributed by atoms with Gasteiger partial charge in [-0.3, -0.25) is 0 Å². The SMILES string of the molecule is Cc1cc(C)c2n[c][nH]c2n1. The fraction of sp³-hybridized carbons (Fsp3) is 0.250. The molecule has 3 nitrogen and oxygen atoms in total. The minimum absolute atomic E-state index is 0.822. The largest absolute Gasteiger partial charge is 0.320 e. The molecule has 0 atom stereocenters. The first-order valence-electron chi connectivity index (χ1n) is 3.47. The van der Waals surface area contributed by atoms with E-state index in [9.17, 15) is 0 Å². The molecule has 0 aliphatic rings. The first kappa shape index (κ1) is 6.34. The van der Waals surface area contributed by atoms with E-state index in [1.54, 1.807) is 0 Å². The third-order valence-electron chi connectivity index (χ3n) is 1.65. The van der Waals surface area contributed by atoms with Crippen LogP contribution in [0.1, 0.15) is 11.3 Å². The van der Waals surface area contributed by atoms with E-state index in [-0.39, 0.29) is 0 Å². The molecule has 3 heteroatoms. The zero-order valence-electron chi connectivity index (χ0n) is 6.47. The van der Waals surface area contributed by atoms with Crippen LogP contribution in [0, 0.1) is 20.2 Å². The summed E-state index contributed by atoms with van der Waals surface area (Å²) in [5, 5.41) is 0. The minimum atomic E-state index is 0.822. The Labute approximate surface area is 64.5 Å². The predicted octanol–water partition coefficient (Wildman–Crippen LogP) is 1.37. The van der Waals surface area contributed by atoms with Crippen LogP contribution < -0.4 is 0 Å². The molecular formula is C8H8N3. The van der Waals surface area contributed by atoms with Crippen LogP contribution in [0.4, 0.5) is 0 Å². The standard InChI is InChI=1S/C8H8N3/c1-5-3-6(2)11-8-7(5)9-4-10-8/h3H,1-2H3,(H,9,10,11). The van der Waals surface area contributed by atoms with Crippen molar-refractivity contribution in [1.82, 2.24) is 15.0 Å². The van der Waals surface area contributed by atoms with Gasteiger partial charge >= 0.3 is 0 Å². The molecule has 2 aromatic heterocycles. The molecule has 0 saturated carbocycles. The molecule has 55 valence electrons. The summed E-state index contributed by atoms with van der Waals surface area (Å²) >= 11 is 0. The summed E-state index contributed by atoms with van der Waals surface area (Å²) in [7, 11) is 0. The second kappa shape index (κ2) is 2.05. The van der Waals surface area contributed by atoms with E-state index in [1.165, 1.54) is 0 Å². The maximum atomic E-state index is 4.25. The zero-order chi connectivity index (χ0) is 7.84. The van der Waals surface area contributed by atoms with Crippen molar-refractivity contribution in [2.45, 2.75) is 13.8 Å². The molecule has 0 bridgehead atoms. The highest BCUT2D eigenvalue weighted by Crippen LogP contribution is 2.11. The Balaban J connectivity index is 2.91. The average molecular weight is 146 g/mol. The monoisotopic (exact) mass is 146 g/mol. The van der Waals surface area contributed by atoms with E-state index in [2.05, 4.69) is 21.3 Å². The van der Waals surface area contributed by atoms with Crippen LogP contribution in [0.25, 0.3) is 11.2 Å². The first-order valence-corrected chi connectivity index (χ1v) is 3.47. The number of H-pyrrole nitrogens is 1. The van der Waals surface area contributed by atoms with Gasteiger partial charge in [0, 0.05) is 5.69 Å². The Kier molecular flexibility index (Phi) is 1.18. The molecular weight excluding hydrogens is 138 g/mol. The van der Waals surface area contributed by atoms with Crippen molar-refractivity contribution in [1.29, 1.82) is 0 Å². The molecule has 1 N–H and O–H groups in total. The molecule has 0 spiro atoms. The van der Waals surface area contributed by atoms with E-state index in [1.807, 2.05) is 19.9 Å². The summed E-state index contributed by atoms with van der Waals surface area (Å²) in [6.45, 7) is 3.99. The second-order valence-corrected chi connectivity index (χ2v) is 2.63. The molecule has 1 radical (unpaired) electrons. The maximum absolute atomic E-state index is 4.25. The van der Waals surface area contributed by atoms with Gasteiger partial charge in [0.15, 0.2) is 12.0 Å². The Hall–Kier alpha value is -1.38. The van der Waals surface area contributed by atoms with Gasteiger partial charge in [0.1, 0.15) is 5.52 Å².